The minimum Gasteiger partial charge on any atom is -0.870 e. The SMILES string of the molecule is CC(C)c1ccc(N2CCN(CC(F)(F)F)CC2)cc1.CC(C)c1ccc(N2CCN(S(=O)(=O)N(C)C)CC2)cc1.CC(C)c1ccc(N2CCN(S(C)(=O)=O)CC2)cc1.CC(C)c1ccc(N2CC[NH+](C)CC2)cc1.CCS(=O)(=O)N1CCN(c2ccc(C(C)C)cc2)CC1.[OH-]. The van der Waals surface area contributed by atoms with Gasteiger partial charge in [-0.15, -0.1) is 0 Å². The molecule has 544 valence electrons. The van der Waals surface area contributed by atoms with E-state index in [1.54, 1.807) is 38.8 Å². The van der Waals surface area contributed by atoms with Crippen molar-refractivity contribution in [3.8, 4) is 0 Å². The lowest BCUT2D eigenvalue weighted by atomic mass is 10.0. The van der Waals surface area contributed by atoms with Gasteiger partial charge in [0.25, 0.3) is 10.2 Å². The van der Waals surface area contributed by atoms with Gasteiger partial charge in [0.2, 0.25) is 20.0 Å². The molecule has 0 aromatic heterocycles. The second kappa shape index (κ2) is 37.8. The molecule has 5 saturated heterocycles. The zero-order valence-corrected chi connectivity index (χ0v) is 63.2. The number of anilines is 5. The predicted octanol–water partition coefficient (Wildman–Crippen LogP) is 10.4. The summed E-state index contributed by atoms with van der Waals surface area (Å²) >= 11 is 0. The maximum Gasteiger partial charge on any atom is 0.401 e. The summed E-state index contributed by atoms with van der Waals surface area (Å²) in [5.74, 6) is 2.92. The lowest BCUT2D eigenvalue weighted by Crippen LogP contribution is -3.12. The number of alkyl halides is 3. The van der Waals surface area contributed by atoms with Crippen molar-refractivity contribution in [1.82, 2.24) is 22.1 Å². The maximum absolute atomic E-state index is 12.3. The lowest BCUT2D eigenvalue weighted by Gasteiger charge is -2.36. The number of rotatable bonds is 16. The van der Waals surface area contributed by atoms with Crippen molar-refractivity contribution < 1.29 is 48.8 Å². The molecule has 5 fully saturated rings. The number of likely N-dealkylation sites (N-methyl/N-ethyl adjacent to an activating group) is 1. The van der Waals surface area contributed by atoms with Gasteiger partial charge >= 0.3 is 6.18 Å². The van der Waals surface area contributed by atoms with Crippen molar-refractivity contribution in [3.05, 3.63) is 149 Å². The topological polar surface area (TPSA) is 169 Å². The average molecular weight is 1410 g/mol. The monoisotopic (exact) mass is 1410 g/mol. The van der Waals surface area contributed by atoms with Crippen LogP contribution in [0.4, 0.5) is 41.6 Å². The third-order valence-electron chi connectivity index (χ3n) is 18.7. The van der Waals surface area contributed by atoms with Crippen molar-refractivity contribution >= 4 is 58.7 Å². The van der Waals surface area contributed by atoms with Gasteiger partial charge in [0.1, 0.15) is 0 Å². The molecule has 97 heavy (non-hydrogen) atoms. The quantitative estimate of drug-likeness (QED) is 0.0992. The Hall–Kier alpha value is -5.54. The molecular formula is C73H116F3N11O7S3. The van der Waals surface area contributed by atoms with Gasteiger partial charge < -0.3 is 34.9 Å². The van der Waals surface area contributed by atoms with Crippen LogP contribution in [-0.2, 0) is 30.3 Å². The van der Waals surface area contributed by atoms with Crippen LogP contribution in [0.5, 0.6) is 0 Å². The first-order valence-electron chi connectivity index (χ1n) is 34.6. The van der Waals surface area contributed by atoms with Crippen LogP contribution >= 0.6 is 0 Å². The summed E-state index contributed by atoms with van der Waals surface area (Å²) in [6.45, 7) is 37.8. The van der Waals surface area contributed by atoms with Gasteiger partial charge in [-0.1, -0.05) is 130 Å². The van der Waals surface area contributed by atoms with E-state index in [0.29, 0.717) is 95.0 Å². The molecule has 5 heterocycles. The van der Waals surface area contributed by atoms with E-state index in [0.717, 1.165) is 45.0 Å². The molecule has 0 spiro atoms. The van der Waals surface area contributed by atoms with E-state index in [9.17, 15) is 38.4 Å². The minimum atomic E-state index is -4.10. The molecule has 0 saturated carbocycles. The van der Waals surface area contributed by atoms with Gasteiger partial charge in [-0.25, -0.2) is 16.8 Å². The summed E-state index contributed by atoms with van der Waals surface area (Å²) in [7, 11) is -3.94. The van der Waals surface area contributed by atoms with E-state index in [2.05, 4.69) is 222 Å². The Bertz CT molecular complexity index is 3420. The predicted molar refractivity (Wildman–Crippen MR) is 396 cm³/mol. The highest BCUT2D eigenvalue weighted by Crippen LogP contribution is 2.28. The van der Waals surface area contributed by atoms with Gasteiger partial charge in [-0.3, -0.25) is 4.90 Å². The second-order valence-corrected chi connectivity index (χ2v) is 34.0. The molecule has 0 aliphatic carbocycles. The molecule has 5 aromatic rings. The summed E-state index contributed by atoms with van der Waals surface area (Å²) < 4.78 is 114. The van der Waals surface area contributed by atoms with Gasteiger partial charge in [-0.05, 0) is 125 Å². The van der Waals surface area contributed by atoms with Gasteiger partial charge in [-0.2, -0.15) is 38.8 Å². The number of piperazine rings is 5. The Morgan fingerprint density at radius 1 is 0.392 bits per heavy atom. The molecule has 2 N–H and O–H groups in total. The first-order chi connectivity index (χ1) is 45.1. The zero-order valence-electron chi connectivity index (χ0n) is 60.7. The summed E-state index contributed by atoms with van der Waals surface area (Å²) in [5, 5.41) is 0. The highest BCUT2D eigenvalue weighted by atomic mass is 32.2. The van der Waals surface area contributed by atoms with Crippen LogP contribution in [-0.4, -0.2) is 230 Å². The van der Waals surface area contributed by atoms with Crippen molar-refractivity contribution in [2.45, 2.75) is 112 Å². The van der Waals surface area contributed by atoms with E-state index in [1.807, 2.05) is 0 Å². The summed E-state index contributed by atoms with van der Waals surface area (Å²) in [6, 6.07) is 43.2. The summed E-state index contributed by atoms with van der Waals surface area (Å²) in [6.07, 6.45) is -2.82. The molecule has 5 aliphatic rings. The fraction of sp³-hybridized carbons (Fsp3) is 0.589. The Kier molecular flexibility index (Phi) is 32.0. The first-order valence-corrected chi connectivity index (χ1v) is 39.5. The smallest absolute Gasteiger partial charge is 0.401 e. The van der Waals surface area contributed by atoms with E-state index < -0.39 is 43.0 Å². The number of nitrogens with zero attached hydrogens (tertiary/aromatic N) is 10. The van der Waals surface area contributed by atoms with Crippen LogP contribution in [0.25, 0.3) is 0 Å². The van der Waals surface area contributed by atoms with Crippen LogP contribution < -0.4 is 29.4 Å². The van der Waals surface area contributed by atoms with E-state index in [1.165, 1.54) is 92.2 Å². The Morgan fingerprint density at radius 3 is 0.856 bits per heavy atom. The third kappa shape index (κ3) is 25.5. The number of hydrogen-bond donors (Lipinski definition) is 1. The van der Waals surface area contributed by atoms with E-state index in [4.69, 9.17) is 0 Å². The molecule has 0 atom stereocenters. The van der Waals surface area contributed by atoms with Crippen molar-refractivity contribution in [3.63, 3.8) is 0 Å². The number of quaternary nitrogens is 1. The fourth-order valence-corrected chi connectivity index (χ4v) is 15.0. The molecule has 0 unspecified atom stereocenters. The average Bonchev–Trinajstić information content (AvgIpc) is 0.864. The molecule has 10 rings (SSSR count). The van der Waals surface area contributed by atoms with E-state index >= 15 is 0 Å². The normalized spacial score (nSPS) is 17.7. The number of sulfonamides is 2. The highest BCUT2D eigenvalue weighted by molar-refractivity contribution is 7.89. The largest absolute Gasteiger partial charge is 0.870 e. The second-order valence-electron chi connectivity index (χ2n) is 27.7. The summed E-state index contributed by atoms with van der Waals surface area (Å²) in [4.78, 5) is 14.5. The number of hydrogen-bond acceptors (Lipinski definition) is 13. The van der Waals surface area contributed by atoms with Crippen LogP contribution in [0.3, 0.4) is 0 Å². The zero-order chi connectivity index (χ0) is 70.7. The van der Waals surface area contributed by atoms with Gasteiger partial charge in [0.15, 0.2) is 0 Å². The maximum atomic E-state index is 12.3. The van der Waals surface area contributed by atoms with Crippen LogP contribution in [0.15, 0.2) is 121 Å². The Morgan fingerprint density at radius 2 is 0.629 bits per heavy atom. The molecule has 18 nitrogen and oxygen atoms in total. The minimum absolute atomic E-state index is 0. The molecule has 24 heteroatoms. The molecular weight excluding hydrogens is 1300 g/mol. The van der Waals surface area contributed by atoms with Crippen molar-refractivity contribution in [2.75, 3.05) is 195 Å². The molecule has 0 amide bonds. The fourth-order valence-electron chi connectivity index (χ4n) is 12.0. The van der Waals surface area contributed by atoms with Crippen molar-refractivity contribution in [1.29, 1.82) is 0 Å². The van der Waals surface area contributed by atoms with Gasteiger partial charge in [0, 0.05) is 147 Å². The van der Waals surface area contributed by atoms with Crippen LogP contribution in [0, 0.1) is 0 Å². The Balaban J connectivity index is 0.000000219. The summed E-state index contributed by atoms with van der Waals surface area (Å²) in [5.41, 5.74) is 12.7. The molecule has 0 bridgehead atoms. The molecule has 5 aromatic carbocycles. The number of nitrogens with one attached hydrogen (secondary N) is 1. The first kappa shape index (κ1) is 82.1. The molecule has 5 aliphatic heterocycles. The standard InChI is InChI=1S/C15H21F3N2.C15H25N3O2S.C15H24N2O2S.C14H22N2O2S.C14H22N2.H2O/c1-12(2)13-3-5-14(6-4-13)20-9-7-19(8-10-20)11-15(16,17)18;1-13(2)14-5-7-15(8-6-14)17-9-11-18(12-10-17)21(19,20)16(3)4;1-4-20(18,19)17-11-9-16(10-12-17)15-7-5-14(6-8-15)13(2)3;1-12(2)13-4-6-14(7-5-13)15-8-10-16(11-9-15)19(3,17)18;1-12(2)13-4-6-14(7-5-13)16-10-8-15(3)9-11-16;/h3-6,12H,7-11H2,1-2H3;5-8,13H,9-12H2,1-4H3;5-8,13H,4,9-12H2,1-3H3;4-7,12H,8-11H2,1-3H3;4-7,12H,8-11H2,1-3H3;1H2. The van der Waals surface area contributed by atoms with Crippen LogP contribution in [0.1, 0.15) is 134 Å². The number of benzene rings is 5. The highest BCUT2D eigenvalue weighted by Gasteiger charge is 2.33. The van der Waals surface area contributed by atoms with E-state index in [-0.39, 0.29) is 11.2 Å². The third-order valence-corrected chi connectivity index (χ3v) is 23.9. The number of halogens is 3. The van der Waals surface area contributed by atoms with Crippen LogP contribution in [0.2, 0.25) is 0 Å². The van der Waals surface area contributed by atoms with Crippen molar-refractivity contribution in [2.24, 2.45) is 0 Å². The lowest BCUT2D eigenvalue weighted by molar-refractivity contribution is -0.880. The molecule has 0 radical (unpaired) electrons. The Labute approximate surface area is 582 Å². The van der Waals surface area contributed by atoms with Gasteiger partial charge in [0.05, 0.1) is 51.8 Å².